The van der Waals surface area contributed by atoms with Crippen LogP contribution in [0.4, 0.5) is 11.4 Å². The molecule has 0 spiro atoms. The maximum Gasteiger partial charge on any atom is 0.230 e. The number of benzene rings is 2. The lowest BCUT2D eigenvalue weighted by Gasteiger charge is -2.25. The van der Waals surface area contributed by atoms with Crippen LogP contribution in [0.25, 0.3) is 0 Å². The highest BCUT2D eigenvalue weighted by Crippen LogP contribution is 2.23. The summed E-state index contributed by atoms with van der Waals surface area (Å²) in [6, 6.07) is 17.0. The molecule has 0 N–H and O–H groups in total. The lowest BCUT2D eigenvalue weighted by Crippen LogP contribution is -2.25. The van der Waals surface area contributed by atoms with Crippen LogP contribution in [0.2, 0.25) is 0 Å². The molecule has 0 aliphatic heterocycles. The Hall–Kier alpha value is -1.78. The third-order valence-corrected chi connectivity index (χ3v) is 6.98. The second kappa shape index (κ2) is 24.1. The molecule has 0 aromatic heterocycles. The van der Waals surface area contributed by atoms with E-state index in [9.17, 15) is 0 Å². The van der Waals surface area contributed by atoms with Gasteiger partial charge in [0.05, 0.1) is 0 Å². The van der Waals surface area contributed by atoms with E-state index in [0.717, 1.165) is 37.7 Å². The fourth-order valence-corrected chi connectivity index (χ4v) is 4.62. The minimum absolute atomic E-state index is 0. The number of hydrogen-bond donors (Lipinski definition) is 0. The van der Waals surface area contributed by atoms with Crippen molar-refractivity contribution in [3.8, 4) is 11.5 Å². The number of ether oxygens (including phenoxy) is 2. The number of nitrogens with zero attached hydrogens (tertiary/aromatic N) is 2. The first-order valence-electron chi connectivity index (χ1n) is 15.2. The van der Waals surface area contributed by atoms with Crippen molar-refractivity contribution in [3.05, 3.63) is 48.5 Å². The normalized spacial score (nSPS) is 10.4. The highest BCUT2D eigenvalue weighted by Gasteiger charge is 2.08. The van der Waals surface area contributed by atoms with E-state index in [1.807, 2.05) is 0 Å². The molecule has 2 aromatic rings. The third-order valence-electron chi connectivity index (χ3n) is 6.98. The Kier molecular flexibility index (Phi) is 23.0. The van der Waals surface area contributed by atoms with E-state index in [2.05, 4.69) is 86.0 Å². The van der Waals surface area contributed by atoms with E-state index in [1.54, 1.807) is 0 Å². The molecule has 0 bridgehead atoms. The second-order valence-corrected chi connectivity index (χ2v) is 10.2. The Bertz CT molecular complexity index is 715. The van der Waals surface area contributed by atoms with Crippen LogP contribution in [0.5, 0.6) is 11.5 Å². The number of hydrogen-bond acceptors (Lipinski definition) is 4. The molecule has 0 fully saturated rings. The van der Waals surface area contributed by atoms with Gasteiger partial charge < -0.3 is 19.3 Å². The molecule has 0 saturated heterocycles. The lowest BCUT2D eigenvalue weighted by molar-refractivity contribution is 0.120. The van der Waals surface area contributed by atoms with Gasteiger partial charge in [-0.25, -0.2) is 0 Å². The molecular weight excluding hydrogens is 527 g/mol. The number of anilines is 2. The fraction of sp³-hybridized carbons (Fsp3) is 0.636. The molecule has 0 amide bonds. The monoisotopic (exact) mass is 582 g/mol. The smallest absolute Gasteiger partial charge is 0.230 e. The average molecular weight is 584 g/mol. The van der Waals surface area contributed by atoms with Crippen molar-refractivity contribution in [2.45, 2.75) is 105 Å². The fourth-order valence-electron chi connectivity index (χ4n) is 4.62. The van der Waals surface area contributed by atoms with Crippen LogP contribution in [0.1, 0.15) is 105 Å². The van der Waals surface area contributed by atoms with E-state index in [-0.39, 0.29) is 31.6 Å². The van der Waals surface area contributed by atoms with Crippen molar-refractivity contribution >= 4 is 36.2 Å². The summed E-state index contributed by atoms with van der Waals surface area (Å²) in [4.78, 5) is 5.06. The highest BCUT2D eigenvalue weighted by molar-refractivity contribution is 5.85. The van der Waals surface area contributed by atoms with Gasteiger partial charge in [0, 0.05) is 37.6 Å². The quantitative estimate of drug-likeness (QED) is 0.102. The molecule has 0 atom stereocenters. The zero-order chi connectivity index (χ0) is 26.6. The van der Waals surface area contributed by atoms with Crippen molar-refractivity contribution in [1.82, 2.24) is 0 Å². The van der Waals surface area contributed by atoms with E-state index >= 15 is 0 Å². The van der Waals surface area contributed by atoms with Crippen molar-refractivity contribution in [3.63, 3.8) is 0 Å². The van der Waals surface area contributed by atoms with Gasteiger partial charge in [-0.3, -0.25) is 0 Å². The standard InChI is InChI=1S/C33H54N2O2.2ClH/c1-5-9-13-25-34(26-14-10-6-2)30-17-21-32(22-18-30)36-29-37-33-23-19-31(20-24-33)35(27-15-11-7-3)28-16-12-8-4;;/h17-24H,5-16,25-29H2,1-4H3;2*1H. The molecule has 6 heteroatoms. The molecule has 224 valence electrons. The summed E-state index contributed by atoms with van der Waals surface area (Å²) >= 11 is 0. The summed E-state index contributed by atoms with van der Waals surface area (Å²) < 4.78 is 11.8. The van der Waals surface area contributed by atoms with Crippen LogP contribution in [0, 0.1) is 0 Å². The maximum atomic E-state index is 5.90. The van der Waals surface area contributed by atoms with Gasteiger partial charge in [0.25, 0.3) is 0 Å². The lowest BCUT2D eigenvalue weighted by atomic mass is 10.2. The minimum Gasteiger partial charge on any atom is -0.458 e. The Morgan fingerprint density at radius 2 is 0.718 bits per heavy atom. The SMILES string of the molecule is CCCCCN(CCCCC)c1ccc(OCOc2ccc(N(CCCCC)CCCCC)cc2)cc1.Cl.Cl. The predicted octanol–water partition coefficient (Wildman–Crippen LogP) is 10.3. The van der Waals surface area contributed by atoms with Crippen molar-refractivity contribution in [1.29, 1.82) is 0 Å². The van der Waals surface area contributed by atoms with Crippen LogP contribution in [-0.4, -0.2) is 33.0 Å². The Morgan fingerprint density at radius 3 is 0.974 bits per heavy atom. The summed E-state index contributed by atoms with van der Waals surface area (Å²) in [5.74, 6) is 1.70. The summed E-state index contributed by atoms with van der Waals surface area (Å²) in [7, 11) is 0. The highest BCUT2D eigenvalue weighted by atomic mass is 35.5. The van der Waals surface area contributed by atoms with Gasteiger partial charge in [0.1, 0.15) is 11.5 Å². The number of halogens is 2. The van der Waals surface area contributed by atoms with E-state index in [0.29, 0.717) is 0 Å². The Balaban J connectivity index is 0.00000722. The molecule has 0 aliphatic carbocycles. The second-order valence-electron chi connectivity index (χ2n) is 10.2. The first-order valence-corrected chi connectivity index (χ1v) is 15.2. The van der Waals surface area contributed by atoms with Crippen LogP contribution in [-0.2, 0) is 0 Å². The Morgan fingerprint density at radius 1 is 0.436 bits per heavy atom. The van der Waals surface area contributed by atoms with Crippen molar-refractivity contribution < 1.29 is 9.47 Å². The maximum absolute atomic E-state index is 5.90. The average Bonchev–Trinajstić information content (AvgIpc) is 2.93. The molecule has 0 saturated carbocycles. The van der Waals surface area contributed by atoms with Gasteiger partial charge in [0.15, 0.2) is 0 Å². The van der Waals surface area contributed by atoms with Gasteiger partial charge in [-0.05, 0) is 74.2 Å². The molecular formula is C33H56Cl2N2O2. The molecule has 0 radical (unpaired) electrons. The van der Waals surface area contributed by atoms with Gasteiger partial charge >= 0.3 is 0 Å². The first-order chi connectivity index (χ1) is 18.2. The zero-order valence-corrected chi connectivity index (χ0v) is 26.8. The zero-order valence-electron chi connectivity index (χ0n) is 25.2. The minimum atomic E-state index is 0. The molecule has 39 heavy (non-hydrogen) atoms. The molecule has 4 nitrogen and oxygen atoms in total. The van der Waals surface area contributed by atoms with Gasteiger partial charge in [-0.2, -0.15) is 0 Å². The summed E-state index contributed by atoms with van der Waals surface area (Å²) in [5, 5.41) is 0. The van der Waals surface area contributed by atoms with Gasteiger partial charge in [0.2, 0.25) is 6.79 Å². The van der Waals surface area contributed by atoms with Crippen LogP contribution in [0.3, 0.4) is 0 Å². The predicted molar refractivity (Wildman–Crippen MR) is 176 cm³/mol. The molecule has 0 heterocycles. The summed E-state index contributed by atoms with van der Waals surface area (Å²) in [6.07, 6.45) is 15.2. The molecule has 2 aromatic carbocycles. The molecule has 0 aliphatic rings. The van der Waals surface area contributed by atoms with E-state index < -0.39 is 0 Å². The van der Waals surface area contributed by atoms with Gasteiger partial charge in [-0.15, -0.1) is 24.8 Å². The van der Waals surface area contributed by atoms with Crippen LogP contribution in [0.15, 0.2) is 48.5 Å². The Labute approximate surface area is 252 Å². The molecule has 0 unspecified atom stereocenters. The number of unbranched alkanes of at least 4 members (excludes halogenated alkanes) is 8. The largest absolute Gasteiger partial charge is 0.458 e. The van der Waals surface area contributed by atoms with E-state index in [4.69, 9.17) is 9.47 Å². The number of rotatable bonds is 22. The van der Waals surface area contributed by atoms with Crippen molar-refractivity contribution in [2.24, 2.45) is 0 Å². The van der Waals surface area contributed by atoms with Gasteiger partial charge in [-0.1, -0.05) is 79.1 Å². The first kappa shape index (κ1) is 37.2. The molecule has 2 rings (SSSR count). The summed E-state index contributed by atoms with van der Waals surface area (Å²) in [5.41, 5.74) is 2.58. The van der Waals surface area contributed by atoms with Crippen LogP contribution >= 0.6 is 24.8 Å². The van der Waals surface area contributed by atoms with Crippen molar-refractivity contribution in [2.75, 3.05) is 42.8 Å². The topological polar surface area (TPSA) is 24.9 Å². The van der Waals surface area contributed by atoms with E-state index in [1.165, 1.54) is 88.4 Å². The summed E-state index contributed by atoms with van der Waals surface area (Å²) in [6.45, 7) is 13.8. The van der Waals surface area contributed by atoms with Crippen LogP contribution < -0.4 is 19.3 Å². The third kappa shape index (κ3) is 15.6.